The Bertz CT molecular complexity index is 837. The Morgan fingerprint density at radius 2 is 1.96 bits per heavy atom. The van der Waals surface area contributed by atoms with Crippen molar-refractivity contribution in [2.75, 3.05) is 20.1 Å². The summed E-state index contributed by atoms with van der Waals surface area (Å²) in [5.74, 6) is 0.735. The molecule has 0 saturated carbocycles. The van der Waals surface area contributed by atoms with E-state index in [0.29, 0.717) is 0 Å². The molecule has 5 nitrogen and oxygen atoms in total. The Kier molecular flexibility index (Phi) is 5.99. The van der Waals surface area contributed by atoms with Crippen molar-refractivity contribution in [2.45, 2.75) is 40.0 Å². The molecular weight excluding hydrogens is 322 g/mol. The molecule has 0 aromatic carbocycles. The molecule has 3 aromatic rings. The number of aryl methyl sites for hydroxylation is 2. The highest BCUT2D eigenvalue weighted by Crippen LogP contribution is 2.19. The van der Waals surface area contributed by atoms with Gasteiger partial charge in [0.25, 0.3) is 0 Å². The lowest BCUT2D eigenvalue weighted by atomic mass is 9.98. The van der Waals surface area contributed by atoms with Crippen molar-refractivity contribution in [3.05, 3.63) is 48.0 Å². The van der Waals surface area contributed by atoms with Gasteiger partial charge >= 0.3 is 0 Å². The van der Waals surface area contributed by atoms with Crippen LogP contribution in [0.2, 0.25) is 0 Å². The number of fused-ring (bicyclic) bond motifs is 1. The summed E-state index contributed by atoms with van der Waals surface area (Å²) >= 11 is 0. The minimum absolute atomic E-state index is 0.735. The molecule has 0 radical (unpaired) electrons. The number of aromatic nitrogens is 4. The van der Waals surface area contributed by atoms with Crippen molar-refractivity contribution in [1.29, 1.82) is 0 Å². The third-order valence-corrected chi connectivity index (χ3v) is 5.12. The number of hydrogen-bond acceptors (Lipinski definition) is 4. The van der Waals surface area contributed by atoms with Crippen molar-refractivity contribution >= 4 is 5.65 Å². The summed E-state index contributed by atoms with van der Waals surface area (Å²) in [7, 11) is 2.19. The van der Waals surface area contributed by atoms with E-state index in [0.717, 1.165) is 41.4 Å². The Morgan fingerprint density at radius 1 is 1.12 bits per heavy atom. The summed E-state index contributed by atoms with van der Waals surface area (Å²) in [5.41, 5.74) is 5.21. The molecular formula is C21H29N5. The maximum Gasteiger partial charge on any atom is 0.157 e. The molecule has 0 fully saturated rings. The Morgan fingerprint density at radius 3 is 2.69 bits per heavy atom. The summed E-state index contributed by atoms with van der Waals surface area (Å²) in [6, 6.07) is 4.27. The predicted octanol–water partition coefficient (Wildman–Crippen LogP) is 4.01. The number of rotatable bonds is 8. The molecule has 0 spiro atoms. The van der Waals surface area contributed by atoms with Gasteiger partial charge in [-0.25, -0.2) is 9.50 Å². The van der Waals surface area contributed by atoms with Crippen LogP contribution in [0.1, 0.15) is 37.8 Å². The largest absolute Gasteiger partial charge is 0.307 e. The van der Waals surface area contributed by atoms with E-state index in [4.69, 9.17) is 0 Å². The first-order chi connectivity index (χ1) is 12.6. The van der Waals surface area contributed by atoms with Gasteiger partial charge in [-0.1, -0.05) is 19.9 Å². The molecule has 1 atom stereocenters. The maximum atomic E-state index is 4.64. The van der Waals surface area contributed by atoms with Gasteiger partial charge in [-0.05, 0) is 63.9 Å². The average molecular weight is 351 g/mol. The Hall–Kier alpha value is -2.27. The Labute approximate surface area is 156 Å². The second-order valence-electron chi connectivity index (χ2n) is 7.32. The lowest BCUT2D eigenvalue weighted by Gasteiger charge is -2.17. The normalized spacial score (nSPS) is 12.8. The molecule has 3 aromatic heterocycles. The lowest BCUT2D eigenvalue weighted by Crippen LogP contribution is -2.20. The fourth-order valence-electron chi connectivity index (χ4n) is 3.02. The van der Waals surface area contributed by atoms with Crippen molar-refractivity contribution in [3.63, 3.8) is 0 Å². The summed E-state index contributed by atoms with van der Waals surface area (Å²) in [6.45, 7) is 8.87. The van der Waals surface area contributed by atoms with E-state index >= 15 is 0 Å². The number of hydrogen-bond donors (Lipinski definition) is 0. The van der Waals surface area contributed by atoms with E-state index < -0.39 is 0 Å². The number of nitrogens with zero attached hydrogens (tertiary/aromatic N) is 5. The molecule has 5 heteroatoms. The van der Waals surface area contributed by atoms with Gasteiger partial charge in [0.2, 0.25) is 0 Å². The fraction of sp³-hybridized carbons (Fsp3) is 0.476. The van der Waals surface area contributed by atoms with Crippen LogP contribution in [0.25, 0.3) is 16.9 Å². The van der Waals surface area contributed by atoms with Crippen molar-refractivity contribution in [3.8, 4) is 11.3 Å². The average Bonchev–Trinajstić information content (AvgIpc) is 3.05. The van der Waals surface area contributed by atoms with Gasteiger partial charge in [0, 0.05) is 29.7 Å². The van der Waals surface area contributed by atoms with Gasteiger partial charge in [0.1, 0.15) is 0 Å². The van der Waals surface area contributed by atoms with Gasteiger partial charge in [0.15, 0.2) is 5.65 Å². The monoisotopic (exact) mass is 351 g/mol. The maximum absolute atomic E-state index is 4.64. The molecule has 0 amide bonds. The van der Waals surface area contributed by atoms with Gasteiger partial charge in [-0.3, -0.25) is 4.98 Å². The van der Waals surface area contributed by atoms with Gasteiger partial charge in [-0.2, -0.15) is 5.10 Å². The van der Waals surface area contributed by atoms with Gasteiger partial charge < -0.3 is 4.90 Å². The fourth-order valence-corrected chi connectivity index (χ4v) is 3.02. The van der Waals surface area contributed by atoms with Crippen LogP contribution in [0, 0.1) is 12.8 Å². The smallest absolute Gasteiger partial charge is 0.157 e. The first kappa shape index (κ1) is 18.5. The zero-order valence-corrected chi connectivity index (χ0v) is 16.3. The third kappa shape index (κ3) is 4.47. The van der Waals surface area contributed by atoms with E-state index in [-0.39, 0.29) is 0 Å². The minimum atomic E-state index is 0.735. The first-order valence-electron chi connectivity index (χ1n) is 9.50. The molecule has 0 saturated heterocycles. The quantitative estimate of drug-likeness (QED) is 0.615. The zero-order chi connectivity index (χ0) is 18.5. The van der Waals surface area contributed by atoms with Crippen LogP contribution in [-0.2, 0) is 6.42 Å². The van der Waals surface area contributed by atoms with Crippen LogP contribution in [-0.4, -0.2) is 44.6 Å². The summed E-state index contributed by atoms with van der Waals surface area (Å²) < 4.78 is 1.81. The molecule has 0 aliphatic rings. The van der Waals surface area contributed by atoms with E-state index in [1.807, 2.05) is 36.2 Å². The predicted molar refractivity (Wildman–Crippen MR) is 106 cm³/mol. The Balaban J connectivity index is 1.59. The summed E-state index contributed by atoms with van der Waals surface area (Å²) in [6.07, 6.45) is 11.2. The SMILES string of the molecule is CCN(C)CCC(C)CCc1ccc(-c2cnc3c(C)cnn3c2)nc1. The van der Waals surface area contributed by atoms with Crippen LogP contribution in [0.4, 0.5) is 0 Å². The highest BCUT2D eigenvalue weighted by molar-refractivity contribution is 5.59. The van der Waals surface area contributed by atoms with E-state index in [1.54, 1.807) is 0 Å². The van der Waals surface area contributed by atoms with Crippen LogP contribution < -0.4 is 0 Å². The zero-order valence-electron chi connectivity index (χ0n) is 16.3. The minimum Gasteiger partial charge on any atom is -0.307 e. The third-order valence-electron chi connectivity index (χ3n) is 5.12. The molecule has 26 heavy (non-hydrogen) atoms. The van der Waals surface area contributed by atoms with Gasteiger partial charge in [-0.15, -0.1) is 0 Å². The van der Waals surface area contributed by atoms with Crippen LogP contribution in [0.5, 0.6) is 0 Å². The topological polar surface area (TPSA) is 46.3 Å². The van der Waals surface area contributed by atoms with Crippen LogP contribution >= 0.6 is 0 Å². The number of pyridine rings is 1. The van der Waals surface area contributed by atoms with Crippen molar-refractivity contribution in [2.24, 2.45) is 5.92 Å². The first-order valence-corrected chi connectivity index (χ1v) is 9.50. The van der Waals surface area contributed by atoms with Crippen molar-refractivity contribution < 1.29 is 0 Å². The van der Waals surface area contributed by atoms with E-state index in [9.17, 15) is 0 Å². The van der Waals surface area contributed by atoms with E-state index in [1.165, 1.54) is 24.9 Å². The molecule has 0 bridgehead atoms. The molecule has 3 rings (SSSR count). The molecule has 0 aliphatic heterocycles. The van der Waals surface area contributed by atoms with Crippen LogP contribution in [0.3, 0.4) is 0 Å². The second-order valence-corrected chi connectivity index (χ2v) is 7.32. The summed E-state index contributed by atoms with van der Waals surface area (Å²) in [5, 5.41) is 4.33. The second kappa shape index (κ2) is 8.41. The molecule has 1 unspecified atom stereocenters. The van der Waals surface area contributed by atoms with Gasteiger partial charge in [0.05, 0.1) is 11.9 Å². The van der Waals surface area contributed by atoms with Crippen LogP contribution in [0.15, 0.2) is 36.9 Å². The highest BCUT2D eigenvalue weighted by Gasteiger charge is 2.07. The van der Waals surface area contributed by atoms with E-state index in [2.05, 4.69) is 53.0 Å². The van der Waals surface area contributed by atoms with Crippen molar-refractivity contribution in [1.82, 2.24) is 24.5 Å². The summed E-state index contributed by atoms with van der Waals surface area (Å²) in [4.78, 5) is 11.5. The molecule has 0 aliphatic carbocycles. The lowest BCUT2D eigenvalue weighted by molar-refractivity contribution is 0.314. The molecule has 0 N–H and O–H groups in total. The molecule has 138 valence electrons. The highest BCUT2D eigenvalue weighted by atomic mass is 15.2. The standard InChI is InChI=1S/C21H29N5/c1-5-25(4)11-10-16(2)6-7-18-8-9-20(22-13-18)19-14-23-21-17(3)12-24-26(21)15-19/h8-9,12-16H,5-7,10-11H2,1-4H3. The molecule has 3 heterocycles.